The number of esters is 2. The average Bonchev–Trinajstić information content (AvgIpc) is 2.34. The molecular weight excluding hydrogens is 310 g/mol. The molecule has 0 aromatic heterocycles. The van der Waals surface area contributed by atoms with Crippen LogP contribution in [0.15, 0.2) is 0 Å². The second-order valence-corrected chi connectivity index (χ2v) is 7.79. The van der Waals surface area contributed by atoms with E-state index >= 15 is 0 Å². The molecule has 1 rings (SSSR count). The molecule has 0 N–H and O–H groups in total. The summed E-state index contributed by atoms with van der Waals surface area (Å²) in [6.45, 7) is 11.3. The van der Waals surface area contributed by atoms with Gasteiger partial charge in [0.05, 0.1) is 12.5 Å². The van der Waals surface area contributed by atoms with Gasteiger partial charge in [-0.2, -0.15) is 0 Å². The molecule has 1 fully saturated rings. The lowest BCUT2D eigenvalue weighted by atomic mass is 9.74. The molecule has 0 spiro atoms. The molecule has 0 bridgehead atoms. The number of likely N-dealkylation sites (N-methyl/N-ethyl adjacent to an activating group) is 1. The van der Waals surface area contributed by atoms with E-state index in [1.807, 2.05) is 13.8 Å². The molecule has 0 aliphatic heterocycles. The van der Waals surface area contributed by atoms with Crippen molar-refractivity contribution in [2.75, 3.05) is 13.7 Å². The van der Waals surface area contributed by atoms with Crippen LogP contribution in [-0.2, 0) is 23.9 Å². The summed E-state index contributed by atoms with van der Waals surface area (Å²) >= 11 is 0. The number of ether oxygens (including phenoxy) is 2. The predicted molar refractivity (Wildman–Crippen MR) is 90.1 cm³/mol. The molecule has 1 saturated carbocycles. The van der Waals surface area contributed by atoms with Crippen LogP contribution in [0.2, 0.25) is 0 Å². The van der Waals surface area contributed by atoms with Gasteiger partial charge in [0.15, 0.2) is 0 Å². The Morgan fingerprint density at radius 3 is 2.08 bits per heavy atom. The van der Waals surface area contributed by atoms with Gasteiger partial charge in [0.25, 0.3) is 0 Å². The van der Waals surface area contributed by atoms with Gasteiger partial charge in [-0.25, -0.2) is 4.79 Å². The number of carbonyl (C=O) groups is 3. The third-order valence-electron chi connectivity index (χ3n) is 4.15. The Labute approximate surface area is 144 Å². The van der Waals surface area contributed by atoms with Crippen molar-refractivity contribution in [2.24, 2.45) is 17.8 Å². The first-order valence-corrected chi connectivity index (χ1v) is 8.64. The molecule has 0 saturated heterocycles. The van der Waals surface area contributed by atoms with Gasteiger partial charge in [0, 0.05) is 13.0 Å². The summed E-state index contributed by atoms with van der Waals surface area (Å²) in [6, 6.07) is -0.627. The SMILES string of the molecule is CCOC(=O)C1CC(C(=O)N(C)[C@H](C(=O)OC(C)(C)C)C(C)C)C1. The molecule has 24 heavy (non-hydrogen) atoms. The summed E-state index contributed by atoms with van der Waals surface area (Å²) in [7, 11) is 1.63. The molecule has 1 amide bonds. The fourth-order valence-corrected chi connectivity index (χ4v) is 2.94. The van der Waals surface area contributed by atoms with Crippen LogP contribution in [0.4, 0.5) is 0 Å². The molecule has 6 heteroatoms. The Balaban J connectivity index is 2.68. The first-order chi connectivity index (χ1) is 11.0. The Morgan fingerprint density at radius 2 is 1.67 bits per heavy atom. The summed E-state index contributed by atoms with van der Waals surface area (Å²) in [5.41, 5.74) is -0.598. The zero-order valence-corrected chi connectivity index (χ0v) is 15.9. The summed E-state index contributed by atoms with van der Waals surface area (Å²) in [4.78, 5) is 38.2. The Kier molecular flexibility index (Phi) is 6.81. The van der Waals surface area contributed by atoms with Gasteiger partial charge in [-0.15, -0.1) is 0 Å². The monoisotopic (exact) mass is 341 g/mol. The molecule has 0 radical (unpaired) electrons. The van der Waals surface area contributed by atoms with E-state index in [9.17, 15) is 14.4 Å². The number of nitrogens with zero attached hydrogens (tertiary/aromatic N) is 1. The topological polar surface area (TPSA) is 72.9 Å². The second kappa shape index (κ2) is 7.99. The number of carbonyl (C=O) groups excluding carboxylic acids is 3. The van der Waals surface area contributed by atoms with Crippen molar-refractivity contribution in [3.05, 3.63) is 0 Å². The molecule has 6 nitrogen and oxygen atoms in total. The molecule has 0 unspecified atom stereocenters. The van der Waals surface area contributed by atoms with Crippen molar-refractivity contribution in [2.45, 2.75) is 66.0 Å². The summed E-state index contributed by atoms with van der Waals surface area (Å²) in [5.74, 6) is -1.24. The fraction of sp³-hybridized carbons (Fsp3) is 0.833. The van der Waals surface area contributed by atoms with Gasteiger partial charge < -0.3 is 14.4 Å². The fourth-order valence-electron chi connectivity index (χ4n) is 2.94. The quantitative estimate of drug-likeness (QED) is 0.694. The molecule has 0 aromatic rings. The zero-order chi connectivity index (χ0) is 18.7. The molecule has 138 valence electrons. The summed E-state index contributed by atoms with van der Waals surface area (Å²) in [5, 5.41) is 0. The highest BCUT2D eigenvalue weighted by molar-refractivity contribution is 5.88. The van der Waals surface area contributed by atoms with Crippen molar-refractivity contribution in [1.82, 2.24) is 4.90 Å². The first kappa shape index (κ1) is 20.5. The maximum Gasteiger partial charge on any atom is 0.329 e. The summed E-state index contributed by atoms with van der Waals surface area (Å²) < 4.78 is 10.4. The normalized spacial score (nSPS) is 21.7. The highest BCUT2D eigenvalue weighted by Crippen LogP contribution is 2.36. The van der Waals surface area contributed by atoms with Crippen molar-refractivity contribution in [1.29, 1.82) is 0 Å². The first-order valence-electron chi connectivity index (χ1n) is 8.64. The van der Waals surface area contributed by atoms with Crippen LogP contribution in [0.1, 0.15) is 54.4 Å². The van der Waals surface area contributed by atoms with Gasteiger partial charge in [-0.05, 0) is 46.5 Å². The van der Waals surface area contributed by atoms with Crippen molar-refractivity contribution in [3.8, 4) is 0 Å². The number of amides is 1. The van der Waals surface area contributed by atoms with E-state index in [0.717, 1.165) is 0 Å². The molecule has 1 aliphatic carbocycles. The largest absolute Gasteiger partial charge is 0.466 e. The lowest BCUT2D eigenvalue weighted by Gasteiger charge is -2.38. The highest BCUT2D eigenvalue weighted by atomic mass is 16.6. The second-order valence-electron chi connectivity index (χ2n) is 7.79. The van der Waals surface area contributed by atoms with Crippen LogP contribution < -0.4 is 0 Å². The minimum Gasteiger partial charge on any atom is -0.466 e. The Bertz CT molecular complexity index is 474. The van der Waals surface area contributed by atoms with E-state index in [-0.39, 0.29) is 29.6 Å². The van der Waals surface area contributed by atoms with Gasteiger partial charge >= 0.3 is 11.9 Å². The van der Waals surface area contributed by atoms with Gasteiger partial charge in [-0.1, -0.05) is 13.8 Å². The Morgan fingerprint density at radius 1 is 1.12 bits per heavy atom. The molecule has 1 atom stereocenters. The molecule has 1 aliphatic rings. The standard InChI is InChI=1S/C18H31NO5/c1-8-23-16(21)13-9-12(10-13)15(20)19(7)14(11(2)3)17(22)24-18(4,5)6/h11-14H,8-10H2,1-7H3/t12?,13?,14-/m0/s1. The lowest BCUT2D eigenvalue weighted by Crippen LogP contribution is -2.52. The van der Waals surface area contributed by atoms with E-state index in [1.54, 1.807) is 34.7 Å². The van der Waals surface area contributed by atoms with Crippen LogP contribution in [0.5, 0.6) is 0 Å². The van der Waals surface area contributed by atoms with E-state index in [2.05, 4.69) is 0 Å². The van der Waals surface area contributed by atoms with Crippen LogP contribution in [0.25, 0.3) is 0 Å². The van der Waals surface area contributed by atoms with Gasteiger partial charge in [-0.3, -0.25) is 9.59 Å². The van der Waals surface area contributed by atoms with Crippen LogP contribution in [0, 0.1) is 17.8 Å². The lowest BCUT2D eigenvalue weighted by molar-refractivity contribution is -0.169. The number of hydrogen-bond donors (Lipinski definition) is 0. The molecule has 0 heterocycles. The predicted octanol–water partition coefficient (Wildman–Crippen LogP) is 2.40. The maximum atomic E-state index is 12.6. The van der Waals surface area contributed by atoms with Crippen molar-refractivity contribution >= 4 is 17.8 Å². The third-order valence-corrected chi connectivity index (χ3v) is 4.15. The number of hydrogen-bond acceptors (Lipinski definition) is 5. The minimum absolute atomic E-state index is 0.0604. The number of rotatable bonds is 6. The van der Waals surface area contributed by atoms with Crippen LogP contribution in [-0.4, -0.2) is 48.0 Å². The highest BCUT2D eigenvalue weighted by Gasteiger charge is 2.43. The molecule has 0 aromatic carbocycles. The van der Waals surface area contributed by atoms with Crippen molar-refractivity contribution in [3.63, 3.8) is 0 Å². The van der Waals surface area contributed by atoms with Gasteiger partial charge in [0.1, 0.15) is 11.6 Å². The summed E-state index contributed by atoms with van der Waals surface area (Å²) in [6.07, 6.45) is 0.974. The van der Waals surface area contributed by atoms with Crippen molar-refractivity contribution < 1.29 is 23.9 Å². The maximum absolute atomic E-state index is 12.6. The molecular formula is C18H31NO5. The van der Waals surface area contributed by atoms with Crippen LogP contribution >= 0.6 is 0 Å². The minimum atomic E-state index is -0.627. The Hall–Kier alpha value is -1.59. The average molecular weight is 341 g/mol. The zero-order valence-electron chi connectivity index (χ0n) is 15.9. The van der Waals surface area contributed by atoms with Gasteiger partial charge in [0.2, 0.25) is 5.91 Å². The third kappa shape index (κ3) is 5.21. The van der Waals surface area contributed by atoms with E-state index in [4.69, 9.17) is 9.47 Å². The van der Waals surface area contributed by atoms with E-state index in [0.29, 0.717) is 19.4 Å². The van der Waals surface area contributed by atoms with E-state index < -0.39 is 17.6 Å². The van der Waals surface area contributed by atoms with Crippen LogP contribution in [0.3, 0.4) is 0 Å². The smallest absolute Gasteiger partial charge is 0.329 e. The van der Waals surface area contributed by atoms with E-state index in [1.165, 1.54) is 4.90 Å².